The van der Waals surface area contributed by atoms with Gasteiger partial charge in [0.15, 0.2) is 6.29 Å². The lowest BCUT2D eigenvalue weighted by atomic mass is 9.99. The van der Waals surface area contributed by atoms with Gasteiger partial charge in [0.25, 0.3) is 0 Å². The molecule has 0 aromatic carbocycles. The molecule has 0 aliphatic carbocycles. The summed E-state index contributed by atoms with van der Waals surface area (Å²) in [5.41, 5.74) is 0. The number of carbonyl (C=O) groups is 1. The van der Waals surface area contributed by atoms with E-state index >= 15 is 0 Å². The van der Waals surface area contributed by atoms with Gasteiger partial charge in [0, 0.05) is 6.42 Å². The average Bonchev–Trinajstić information content (AvgIpc) is 3.17. The van der Waals surface area contributed by atoms with E-state index in [1.807, 2.05) is 6.08 Å². The maximum Gasteiger partial charge on any atom is 0.220 e. The molecular formula is C45H87NO8. The highest BCUT2D eigenvalue weighted by molar-refractivity contribution is 5.76. The SMILES string of the molecule is CCCCCCCCCCC/C=C/C(O)C(COC1OC(CO)C(O)C(O)C1O)NC(=O)CCCCCCCCCCCCCCCCCCCCCC. The summed E-state index contributed by atoms with van der Waals surface area (Å²) in [6, 6.07) is -0.797. The predicted molar refractivity (Wildman–Crippen MR) is 221 cm³/mol. The first kappa shape index (κ1) is 50.9. The van der Waals surface area contributed by atoms with Gasteiger partial charge in [-0.15, -0.1) is 0 Å². The van der Waals surface area contributed by atoms with E-state index in [2.05, 4.69) is 19.2 Å². The van der Waals surface area contributed by atoms with Crippen molar-refractivity contribution in [3.63, 3.8) is 0 Å². The Kier molecular flexibility index (Phi) is 34.2. The molecule has 7 atom stereocenters. The molecule has 1 heterocycles. The van der Waals surface area contributed by atoms with E-state index in [4.69, 9.17) is 9.47 Å². The van der Waals surface area contributed by atoms with Gasteiger partial charge in [-0.25, -0.2) is 0 Å². The number of allylic oxidation sites excluding steroid dienone is 1. The minimum absolute atomic E-state index is 0.175. The first-order valence-corrected chi connectivity index (χ1v) is 22.9. The molecule has 9 heteroatoms. The smallest absolute Gasteiger partial charge is 0.220 e. The van der Waals surface area contributed by atoms with Crippen molar-refractivity contribution in [3.05, 3.63) is 12.2 Å². The van der Waals surface area contributed by atoms with Crippen molar-refractivity contribution in [2.24, 2.45) is 0 Å². The van der Waals surface area contributed by atoms with Crippen LogP contribution < -0.4 is 5.32 Å². The molecule has 0 radical (unpaired) electrons. The molecule has 1 rings (SSSR count). The Hall–Kier alpha value is -1.07. The number of unbranched alkanes of at least 4 members (excludes halogenated alkanes) is 28. The van der Waals surface area contributed by atoms with Crippen molar-refractivity contribution >= 4 is 5.91 Å². The predicted octanol–water partition coefficient (Wildman–Crippen LogP) is 9.34. The van der Waals surface area contributed by atoms with Crippen molar-refractivity contribution in [2.45, 2.75) is 256 Å². The number of aliphatic hydroxyl groups excluding tert-OH is 5. The monoisotopic (exact) mass is 770 g/mol. The number of amides is 1. The van der Waals surface area contributed by atoms with E-state index < -0.39 is 49.5 Å². The second kappa shape index (κ2) is 36.3. The number of hydrogen-bond acceptors (Lipinski definition) is 8. The van der Waals surface area contributed by atoms with E-state index in [-0.39, 0.29) is 12.5 Å². The normalized spacial score (nSPS) is 21.5. The van der Waals surface area contributed by atoms with Crippen LogP contribution in [0.5, 0.6) is 0 Å². The molecule has 0 aromatic rings. The highest BCUT2D eigenvalue weighted by Crippen LogP contribution is 2.23. The molecule has 1 fully saturated rings. The van der Waals surface area contributed by atoms with Gasteiger partial charge in [-0.2, -0.15) is 0 Å². The minimum Gasteiger partial charge on any atom is -0.394 e. The fraction of sp³-hybridized carbons (Fsp3) is 0.933. The Labute approximate surface area is 331 Å². The molecule has 6 N–H and O–H groups in total. The summed E-state index contributed by atoms with van der Waals surface area (Å²) in [7, 11) is 0. The molecule has 320 valence electrons. The first-order valence-electron chi connectivity index (χ1n) is 22.9. The molecule has 0 aromatic heterocycles. The molecule has 0 bridgehead atoms. The maximum absolute atomic E-state index is 12.9. The number of aliphatic hydroxyl groups is 5. The summed E-state index contributed by atoms with van der Waals surface area (Å²) in [5, 5.41) is 54.1. The van der Waals surface area contributed by atoms with E-state index in [9.17, 15) is 30.3 Å². The minimum atomic E-state index is -1.56. The Balaban J connectivity index is 2.29. The summed E-state index contributed by atoms with van der Waals surface area (Å²) in [6.45, 7) is 3.77. The van der Waals surface area contributed by atoms with Gasteiger partial charge < -0.3 is 40.3 Å². The van der Waals surface area contributed by atoms with Crippen LogP contribution >= 0.6 is 0 Å². The molecule has 54 heavy (non-hydrogen) atoms. The molecule has 1 amide bonds. The molecule has 0 spiro atoms. The number of carbonyl (C=O) groups excluding carboxylic acids is 1. The fourth-order valence-electron chi connectivity index (χ4n) is 7.39. The number of ether oxygens (including phenoxy) is 2. The summed E-state index contributed by atoms with van der Waals surface area (Å²) in [4.78, 5) is 12.9. The van der Waals surface area contributed by atoms with Crippen LogP contribution in [0.25, 0.3) is 0 Å². The highest BCUT2D eigenvalue weighted by Gasteiger charge is 2.44. The van der Waals surface area contributed by atoms with Gasteiger partial charge in [-0.3, -0.25) is 4.79 Å². The van der Waals surface area contributed by atoms with Crippen molar-refractivity contribution in [2.75, 3.05) is 13.2 Å². The van der Waals surface area contributed by atoms with Crippen LogP contribution in [0.2, 0.25) is 0 Å². The van der Waals surface area contributed by atoms with E-state index in [1.165, 1.54) is 154 Å². The van der Waals surface area contributed by atoms with Gasteiger partial charge in [0.2, 0.25) is 5.91 Å². The zero-order valence-electron chi connectivity index (χ0n) is 35.0. The zero-order chi connectivity index (χ0) is 39.5. The second-order valence-electron chi connectivity index (χ2n) is 16.2. The van der Waals surface area contributed by atoms with Crippen molar-refractivity contribution in [1.82, 2.24) is 5.32 Å². The molecule has 0 saturated carbocycles. The third-order valence-corrected chi connectivity index (χ3v) is 11.1. The molecule has 1 aliphatic rings. The van der Waals surface area contributed by atoms with Crippen LogP contribution in [-0.4, -0.2) is 87.5 Å². The van der Waals surface area contributed by atoms with E-state index in [1.54, 1.807) is 6.08 Å². The Bertz CT molecular complexity index is 858. The Morgan fingerprint density at radius 3 is 1.44 bits per heavy atom. The Morgan fingerprint density at radius 1 is 0.611 bits per heavy atom. The van der Waals surface area contributed by atoms with Gasteiger partial charge >= 0.3 is 0 Å². The lowest BCUT2D eigenvalue weighted by Gasteiger charge is -2.40. The standard InChI is InChI=1S/C45H87NO8/c1-3-5-7-9-11-13-15-16-17-18-19-20-21-22-23-25-27-29-31-33-35-41(49)46-38(37-53-45-44(52)43(51)42(50)40(36-47)54-45)39(48)34-32-30-28-26-24-14-12-10-8-6-4-2/h32,34,38-40,42-45,47-48,50-52H,3-31,33,35-37H2,1-2H3,(H,46,49)/b34-32+. The first-order chi connectivity index (χ1) is 26.3. The average molecular weight is 770 g/mol. The van der Waals surface area contributed by atoms with Gasteiger partial charge in [-0.05, 0) is 19.3 Å². The van der Waals surface area contributed by atoms with Gasteiger partial charge in [-0.1, -0.05) is 199 Å². The summed E-state index contributed by atoms with van der Waals surface area (Å²) < 4.78 is 11.2. The van der Waals surface area contributed by atoms with E-state index in [0.717, 1.165) is 38.5 Å². The second-order valence-corrected chi connectivity index (χ2v) is 16.2. The number of nitrogens with one attached hydrogen (secondary N) is 1. The molecule has 1 aliphatic heterocycles. The van der Waals surface area contributed by atoms with Crippen LogP contribution in [0.3, 0.4) is 0 Å². The van der Waals surface area contributed by atoms with Crippen LogP contribution in [-0.2, 0) is 14.3 Å². The van der Waals surface area contributed by atoms with E-state index in [0.29, 0.717) is 6.42 Å². The number of hydrogen-bond donors (Lipinski definition) is 6. The fourth-order valence-corrected chi connectivity index (χ4v) is 7.39. The largest absolute Gasteiger partial charge is 0.394 e. The summed E-state index contributed by atoms with van der Waals surface area (Å²) >= 11 is 0. The van der Waals surface area contributed by atoms with Crippen molar-refractivity contribution < 1.29 is 39.8 Å². The summed E-state index contributed by atoms with van der Waals surface area (Å²) in [5.74, 6) is -0.175. The lowest BCUT2D eigenvalue weighted by molar-refractivity contribution is -0.302. The summed E-state index contributed by atoms with van der Waals surface area (Å²) in [6.07, 6.45) is 34.0. The van der Waals surface area contributed by atoms with Crippen molar-refractivity contribution in [1.29, 1.82) is 0 Å². The van der Waals surface area contributed by atoms with Gasteiger partial charge in [0.1, 0.15) is 24.4 Å². The molecule has 9 nitrogen and oxygen atoms in total. The van der Waals surface area contributed by atoms with Gasteiger partial charge in [0.05, 0.1) is 25.4 Å². The molecule has 1 saturated heterocycles. The highest BCUT2D eigenvalue weighted by atomic mass is 16.7. The Morgan fingerprint density at radius 2 is 1.02 bits per heavy atom. The number of rotatable bonds is 38. The van der Waals surface area contributed by atoms with Crippen molar-refractivity contribution in [3.8, 4) is 0 Å². The third kappa shape index (κ3) is 26.7. The third-order valence-electron chi connectivity index (χ3n) is 11.1. The topological polar surface area (TPSA) is 149 Å². The zero-order valence-corrected chi connectivity index (χ0v) is 35.0. The lowest BCUT2D eigenvalue weighted by Crippen LogP contribution is -2.60. The van der Waals surface area contributed by atoms with Crippen LogP contribution in [0, 0.1) is 0 Å². The maximum atomic E-state index is 12.9. The van der Waals surface area contributed by atoms with Crippen LogP contribution in [0.15, 0.2) is 12.2 Å². The molecule has 7 unspecified atom stereocenters. The van der Waals surface area contributed by atoms with Crippen LogP contribution in [0.1, 0.15) is 213 Å². The quantitative estimate of drug-likeness (QED) is 0.0269. The van der Waals surface area contributed by atoms with Crippen LogP contribution in [0.4, 0.5) is 0 Å². The molecular weight excluding hydrogens is 682 g/mol.